The largest absolute Gasteiger partial charge is 0.469 e. The fourth-order valence-electron chi connectivity index (χ4n) is 3.15. The average molecular weight is 289 g/mol. The number of esters is 1. The second-order valence-corrected chi connectivity index (χ2v) is 5.91. The highest BCUT2D eigenvalue weighted by Gasteiger charge is 2.24. The monoisotopic (exact) mass is 289 g/mol. The highest BCUT2D eigenvalue weighted by molar-refractivity contribution is 5.69. The second kappa shape index (κ2) is 8.83. The fourth-order valence-corrected chi connectivity index (χ4v) is 3.15. The molecule has 116 valence electrons. The first-order chi connectivity index (χ1) is 10.3. The lowest BCUT2D eigenvalue weighted by Crippen LogP contribution is -2.41. The van der Waals surface area contributed by atoms with Crippen LogP contribution in [0.2, 0.25) is 0 Å². The van der Waals surface area contributed by atoms with E-state index in [1.54, 1.807) is 0 Å². The number of ether oxygens (including phenoxy) is 1. The van der Waals surface area contributed by atoms with Crippen LogP contribution >= 0.6 is 0 Å². The summed E-state index contributed by atoms with van der Waals surface area (Å²) in [4.78, 5) is 14.0. The van der Waals surface area contributed by atoms with Gasteiger partial charge in [0.1, 0.15) is 0 Å². The molecular formula is C18H27NO2. The number of methoxy groups -OCH3 is 1. The summed E-state index contributed by atoms with van der Waals surface area (Å²) in [6, 6.07) is 11.1. The Morgan fingerprint density at radius 2 is 2.05 bits per heavy atom. The number of benzene rings is 1. The van der Waals surface area contributed by atoms with Crippen molar-refractivity contribution in [1.82, 2.24) is 4.90 Å². The summed E-state index contributed by atoms with van der Waals surface area (Å²) in [7, 11) is 1.48. The van der Waals surface area contributed by atoms with Crippen molar-refractivity contribution in [1.29, 1.82) is 0 Å². The summed E-state index contributed by atoms with van der Waals surface area (Å²) in [6.45, 7) is 2.24. The zero-order valence-electron chi connectivity index (χ0n) is 13.1. The minimum atomic E-state index is -0.0730. The first-order valence-corrected chi connectivity index (χ1v) is 8.14. The molecule has 0 saturated carbocycles. The number of aryl methyl sites for hydroxylation is 1. The number of nitrogens with zero attached hydrogens (tertiary/aromatic N) is 1. The predicted octanol–water partition coefficient (Wildman–Crippen LogP) is 3.43. The molecule has 1 aliphatic rings. The second-order valence-electron chi connectivity index (χ2n) is 5.91. The number of unbranched alkanes of at least 4 members (excludes halogenated alkanes) is 1. The third-order valence-electron chi connectivity index (χ3n) is 4.38. The molecule has 0 aliphatic carbocycles. The predicted molar refractivity (Wildman–Crippen MR) is 85.2 cm³/mol. The zero-order chi connectivity index (χ0) is 14.9. The summed E-state index contributed by atoms with van der Waals surface area (Å²) in [5.41, 5.74) is 1.42. The van der Waals surface area contributed by atoms with E-state index < -0.39 is 0 Å². The Kier molecular flexibility index (Phi) is 6.74. The molecule has 0 spiro atoms. The Bertz CT molecular complexity index is 418. The topological polar surface area (TPSA) is 29.5 Å². The van der Waals surface area contributed by atoms with Gasteiger partial charge in [0.05, 0.1) is 13.5 Å². The average Bonchev–Trinajstić information content (AvgIpc) is 2.54. The molecule has 1 aromatic rings. The Balaban J connectivity index is 1.71. The fraction of sp³-hybridized carbons (Fsp3) is 0.611. The smallest absolute Gasteiger partial charge is 0.307 e. The van der Waals surface area contributed by atoms with Crippen LogP contribution in [0.15, 0.2) is 30.3 Å². The van der Waals surface area contributed by atoms with Crippen LogP contribution < -0.4 is 0 Å². The molecule has 3 nitrogen and oxygen atoms in total. The lowest BCUT2D eigenvalue weighted by atomic mass is 9.98. The molecule has 3 heteroatoms. The summed E-state index contributed by atoms with van der Waals surface area (Å²) >= 11 is 0. The summed E-state index contributed by atoms with van der Waals surface area (Å²) in [5, 5.41) is 0. The molecule has 1 aliphatic heterocycles. The number of likely N-dealkylation sites (tertiary alicyclic amines) is 1. The van der Waals surface area contributed by atoms with Gasteiger partial charge in [-0.05, 0) is 50.8 Å². The lowest BCUT2D eigenvalue weighted by Gasteiger charge is -2.35. The maximum Gasteiger partial charge on any atom is 0.307 e. The van der Waals surface area contributed by atoms with Crippen LogP contribution in [-0.2, 0) is 16.0 Å². The molecule has 0 amide bonds. The molecule has 1 aromatic carbocycles. The van der Waals surface area contributed by atoms with E-state index in [9.17, 15) is 4.79 Å². The van der Waals surface area contributed by atoms with Crippen molar-refractivity contribution in [3.8, 4) is 0 Å². The molecule has 0 N–H and O–H groups in total. The highest BCUT2D eigenvalue weighted by Crippen LogP contribution is 2.20. The first kappa shape index (κ1) is 16.0. The van der Waals surface area contributed by atoms with E-state index in [4.69, 9.17) is 4.74 Å². The minimum absolute atomic E-state index is 0.0730. The maximum atomic E-state index is 11.5. The van der Waals surface area contributed by atoms with E-state index in [0.717, 1.165) is 25.9 Å². The number of hydrogen-bond donors (Lipinski definition) is 0. The quantitative estimate of drug-likeness (QED) is 0.569. The van der Waals surface area contributed by atoms with Crippen LogP contribution in [0.4, 0.5) is 0 Å². The molecule has 0 bridgehead atoms. The number of rotatable bonds is 7. The third kappa shape index (κ3) is 5.50. The van der Waals surface area contributed by atoms with E-state index in [0.29, 0.717) is 12.5 Å². The standard InChI is InChI=1S/C18H27NO2/c1-21-18(20)15-17-12-6-8-14-19(17)13-7-5-11-16-9-3-2-4-10-16/h2-4,9-10,17H,5-8,11-15H2,1H3. The van der Waals surface area contributed by atoms with Crippen LogP contribution in [0, 0.1) is 0 Å². The normalized spacial score (nSPS) is 19.4. The van der Waals surface area contributed by atoms with Crippen molar-refractivity contribution < 1.29 is 9.53 Å². The van der Waals surface area contributed by atoms with Crippen LogP contribution in [-0.4, -0.2) is 37.1 Å². The van der Waals surface area contributed by atoms with Gasteiger partial charge in [0.15, 0.2) is 0 Å². The van der Waals surface area contributed by atoms with Crippen molar-refractivity contribution in [2.45, 2.75) is 51.0 Å². The first-order valence-electron chi connectivity index (χ1n) is 8.14. The van der Waals surface area contributed by atoms with E-state index in [1.165, 1.54) is 38.4 Å². The van der Waals surface area contributed by atoms with Gasteiger partial charge in [0, 0.05) is 6.04 Å². The molecule has 21 heavy (non-hydrogen) atoms. The van der Waals surface area contributed by atoms with Crippen LogP contribution in [0.5, 0.6) is 0 Å². The van der Waals surface area contributed by atoms with Crippen molar-refractivity contribution in [2.75, 3.05) is 20.2 Å². The summed E-state index contributed by atoms with van der Waals surface area (Å²) in [5.74, 6) is -0.0730. The Hall–Kier alpha value is -1.35. The lowest BCUT2D eigenvalue weighted by molar-refractivity contribution is -0.142. The van der Waals surface area contributed by atoms with Gasteiger partial charge in [0.25, 0.3) is 0 Å². The molecule has 1 fully saturated rings. The summed E-state index contributed by atoms with van der Waals surface area (Å²) in [6.07, 6.45) is 7.75. The Morgan fingerprint density at radius 3 is 2.81 bits per heavy atom. The van der Waals surface area contributed by atoms with E-state index in [1.807, 2.05) is 0 Å². The molecular weight excluding hydrogens is 262 g/mol. The SMILES string of the molecule is COC(=O)CC1CCCCN1CCCCc1ccccc1. The van der Waals surface area contributed by atoms with Crippen molar-refractivity contribution in [3.05, 3.63) is 35.9 Å². The van der Waals surface area contributed by atoms with Gasteiger partial charge in [-0.1, -0.05) is 36.8 Å². The number of carbonyl (C=O) groups is 1. The zero-order valence-corrected chi connectivity index (χ0v) is 13.1. The number of carbonyl (C=O) groups excluding carboxylic acids is 1. The van der Waals surface area contributed by atoms with Gasteiger partial charge < -0.3 is 4.74 Å². The van der Waals surface area contributed by atoms with E-state index in [2.05, 4.69) is 35.2 Å². The summed E-state index contributed by atoms with van der Waals surface area (Å²) < 4.78 is 4.82. The van der Waals surface area contributed by atoms with E-state index >= 15 is 0 Å². The van der Waals surface area contributed by atoms with Crippen LogP contribution in [0.25, 0.3) is 0 Å². The van der Waals surface area contributed by atoms with Crippen molar-refractivity contribution in [2.24, 2.45) is 0 Å². The molecule has 1 saturated heterocycles. The molecule has 0 aromatic heterocycles. The molecule has 1 atom stereocenters. The number of hydrogen-bond acceptors (Lipinski definition) is 3. The Labute approximate surface area is 128 Å². The minimum Gasteiger partial charge on any atom is -0.469 e. The number of piperidine rings is 1. The van der Waals surface area contributed by atoms with Gasteiger partial charge >= 0.3 is 5.97 Å². The van der Waals surface area contributed by atoms with E-state index in [-0.39, 0.29) is 5.97 Å². The van der Waals surface area contributed by atoms with Crippen molar-refractivity contribution in [3.63, 3.8) is 0 Å². The van der Waals surface area contributed by atoms with Crippen molar-refractivity contribution >= 4 is 5.97 Å². The highest BCUT2D eigenvalue weighted by atomic mass is 16.5. The van der Waals surface area contributed by atoms with Gasteiger partial charge in [-0.25, -0.2) is 0 Å². The maximum absolute atomic E-state index is 11.5. The van der Waals surface area contributed by atoms with Crippen LogP contribution in [0.1, 0.15) is 44.1 Å². The van der Waals surface area contributed by atoms with Crippen LogP contribution in [0.3, 0.4) is 0 Å². The van der Waals surface area contributed by atoms with Gasteiger partial charge in [-0.3, -0.25) is 9.69 Å². The third-order valence-corrected chi connectivity index (χ3v) is 4.38. The van der Waals surface area contributed by atoms with Gasteiger partial charge in [0.2, 0.25) is 0 Å². The molecule has 1 unspecified atom stereocenters. The molecule has 1 heterocycles. The molecule has 0 radical (unpaired) electrons. The molecule has 2 rings (SSSR count). The van der Waals surface area contributed by atoms with Gasteiger partial charge in [-0.2, -0.15) is 0 Å². The van der Waals surface area contributed by atoms with Gasteiger partial charge in [-0.15, -0.1) is 0 Å². The Morgan fingerprint density at radius 1 is 1.24 bits per heavy atom.